The van der Waals surface area contributed by atoms with Crippen molar-refractivity contribution in [1.82, 2.24) is 20.0 Å². The number of piperidine rings is 1. The van der Waals surface area contributed by atoms with E-state index in [0.29, 0.717) is 36.4 Å². The number of methoxy groups -OCH3 is 1. The first-order chi connectivity index (χ1) is 12.1. The maximum Gasteiger partial charge on any atom is 0.313 e. The Balaban J connectivity index is 1.61. The highest BCUT2D eigenvalue weighted by molar-refractivity contribution is 6.39. The number of aromatic nitrogens is 3. The van der Waals surface area contributed by atoms with Crippen molar-refractivity contribution in [1.29, 1.82) is 0 Å². The maximum absolute atomic E-state index is 12.4. The van der Waals surface area contributed by atoms with E-state index in [1.165, 1.54) is 18.2 Å². The number of pyridine rings is 1. The third-order valence-electron chi connectivity index (χ3n) is 4.00. The molecule has 9 nitrogen and oxygen atoms in total. The molecule has 2 aromatic heterocycles. The zero-order valence-corrected chi connectivity index (χ0v) is 14.1. The topological polar surface area (TPSA) is 110 Å². The number of amides is 2. The minimum Gasteiger partial charge on any atom is -0.481 e. The molecule has 132 valence electrons. The van der Waals surface area contributed by atoms with Gasteiger partial charge in [0.15, 0.2) is 5.82 Å². The van der Waals surface area contributed by atoms with E-state index in [1.807, 2.05) is 0 Å². The van der Waals surface area contributed by atoms with E-state index >= 15 is 0 Å². The largest absolute Gasteiger partial charge is 0.481 e. The van der Waals surface area contributed by atoms with E-state index in [0.717, 1.165) is 12.8 Å². The molecule has 0 radical (unpaired) electrons. The van der Waals surface area contributed by atoms with Crippen LogP contribution in [0.5, 0.6) is 5.88 Å². The Morgan fingerprint density at radius 2 is 2.24 bits per heavy atom. The summed E-state index contributed by atoms with van der Waals surface area (Å²) in [4.78, 5) is 34.3. The van der Waals surface area contributed by atoms with Gasteiger partial charge in [-0.1, -0.05) is 5.16 Å². The van der Waals surface area contributed by atoms with Crippen LogP contribution in [0.25, 0.3) is 0 Å². The number of rotatable bonds is 3. The first-order valence-electron chi connectivity index (χ1n) is 7.97. The molecule has 2 amide bonds. The van der Waals surface area contributed by atoms with Crippen LogP contribution in [-0.2, 0) is 9.59 Å². The maximum atomic E-state index is 12.4. The fourth-order valence-electron chi connectivity index (χ4n) is 2.75. The molecule has 0 aliphatic carbocycles. The van der Waals surface area contributed by atoms with E-state index in [4.69, 9.17) is 9.26 Å². The predicted molar refractivity (Wildman–Crippen MR) is 87.0 cm³/mol. The molecule has 3 rings (SSSR count). The van der Waals surface area contributed by atoms with Crippen LogP contribution in [0.3, 0.4) is 0 Å². The average Bonchev–Trinajstić information content (AvgIpc) is 3.08. The summed E-state index contributed by atoms with van der Waals surface area (Å²) in [6.07, 6.45) is 3.05. The molecule has 1 N–H and O–H groups in total. The molecule has 1 aliphatic heterocycles. The standard InChI is InChI=1S/C16H19N5O4/c1-10-18-15(25-20-10)11-4-3-7-21(9-11)16(23)14(22)19-12-5-6-13(24-2)17-8-12/h5-6,8,11H,3-4,7,9H2,1-2H3,(H,19,22)/t11-/m1/s1. The van der Waals surface area contributed by atoms with E-state index in [-0.39, 0.29) is 5.92 Å². The minimum atomic E-state index is -0.700. The molecule has 3 heterocycles. The van der Waals surface area contributed by atoms with Crippen molar-refractivity contribution in [3.05, 3.63) is 30.0 Å². The summed E-state index contributed by atoms with van der Waals surface area (Å²) in [6.45, 7) is 2.65. The van der Waals surface area contributed by atoms with Crippen LogP contribution in [0.1, 0.15) is 30.5 Å². The zero-order valence-electron chi connectivity index (χ0n) is 14.1. The van der Waals surface area contributed by atoms with Gasteiger partial charge >= 0.3 is 11.8 Å². The van der Waals surface area contributed by atoms with Crippen LogP contribution < -0.4 is 10.1 Å². The van der Waals surface area contributed by atoms with Gasteiger partial charge in [0.2, 0.25) is 11.8 Å². The number of aryl methyl sites for hydroxylation is 1. The summed E-state index contributed by atoms with van der Waals surface area (Å²) >= 11 is 0. The van der Waals surface area contributed by atoms with Gasteiger partial charge in [-0.3, -0.25) is 9.59 Å². The van der Waals surface area contributed by atoms with Crippen LogP contribution in [0.15, 0.2) is 22.9 Å². The first-order valence-corrected chi connectivity index (χ1v) is 7.97. The molecule has 1 fully saturated rings. The second kappa shape index (κ2) is 7.29. The fraction of sp³-hybridized carbons (Fsp3) is 0.438. The highest BCUT2D eigenvalue weighted by Gasteiger charge is 2.31. The molecule has 1 aliphatic rings. The molecule has 0 saturated carbocycles. The van der Waals surface area contributed by atoms with Crippen LogP contribution >= 0.6 is 0 Å². The molecule has 2 aromatic rings. The van der Waals surface area contributed by atoms with E-state index in [9.17, 15) is 9.59 Å². The van der Waals surface area contributed by atoms with Gasteiger partial charge in [-0.15, -0.1) is 0 Å². The summed E-state index contributed by atoms with van der Waals surface area (Å²) in [5.41, 5.74) is 0.431. The SMILES string of the molecule is COc1ccc(NC(=O)C(=O)N2CCC[C@@H](c3nc(C)no3)C2)cn1. The van der Waals surface area contributed by atoms with Crippen LogP contribution in [0.4, 0.5) is 5.69 Å². The number of hydrogen-bond acceptors (Lipinski definition) is 7. The van der Waals surface area contributed by atoms with E-state index in [1.54, 1.807) is 19.1 Å². The lowest BCUT2D eigenvalue weighted by atomic mass is 9.98. The Morgan fingerprint density at radius 1 is 1.40 bits per heavy atom. The van der Waals surface area contributed by atoms with Gasteiger partial charge in [-0.25, -0.2) is 4.98 Å². The summed E-state index contributed by atoms with van der Waals surface area (Å²) < 4.78 is 10.1. The number of nitrogens with zero attached hydrogens (tertiary/aromatic N) is 4. The Hall–Kier alpha value is -2.97. The molecular formula is C16H19N5O4. The summed E-state index contributed by atoms with van der Waals surface area (Å²) in [7, 11) is 1.50. The van der Waals surface area contributed by atoms with Crippen molar-refractivity contribution in [2.45, 2.75) is 25.7 Å². The third kappa shape index (κ3) is 3.93. The summed E-state index contributed by atoms with van der Waals surface area (Å²) in [5, 5.41) is 6.33. The lowest BCUT2D eigenvalue weighted by molar-refractivity contribution is -0.144. The Labute approximate surface area is 144 Å². The quantitative estimate of drug-likeness (QED) is 0.830. The van der Waals surface area contributed by atoms with Crippen molar-refractivity contribution in [3.8, 4) is 5.88 Å². The second-order valence-electron chi connectivity index (χ2n) is 5.81. The summed E-state index contributed by atoms with van der Waals surface area (Å²) in [5.74, 6) is 0.163. The van der Waals surface area contributed by atoms with Crippen molar-refractivity contribution in [3.63, 3.8) is 0 Å². The number of anilines is 1. The molecule has 0 unspecified atom stereocenters. The number of likely N-dealkylation sites (tertiary alicyclic amines) is 1. The van der Waals surface area contributed by atoms with Gasteiger partial charge in [0.05, 0.1) is 24.9 Å². The summed E-state index contributed by atoms with van der Waals surface area (Å²) in [6, 6.07) is 3.23. The van der Waals surface area contributed by atoms with Crippen molar-refractivity contribution >= 4 is 17.5 Å². The number of nitrogens with one attached hydrogen (secondary N) is 1. The minimum absolute atomic E-state index is 0.0469. The van der Waals surface area contributed by atoms with Crippen LogP contribution in [-0.4, -0.2) is 52.0 Å². The molecular weight excluding hydrogens is 326 g/mol. The molecule has 0 aromatic carbocycles. The first kappa shape index (κ1) is 16.9. The lowest BCUT2D eigenvalue weighted by Gasteiger charge is -2.30. The second-order valence-corrected chi connectivity index (χ2v) is 5.81. The van der Waals surface area contributed by atoms with Crippen molar-refractivity contribution in [2.24, 2.45) is 0 Å². The fourth-order valence-corrected chi connectivity index (χ4v) is 2.75. The van der Waals surface area contributed by atoms with Gasteiger partial charge in [0.25, 0.3) is 0 Å². The van der Waals surface area contributed by atoms with E-state index < -0.39 is 11.8 Å². The number of hydrogen-bond donors (Lipinski definition) is 1. The van der Waals surface area contributed by atoms with Gasteiger partial charge < -0.3 is 19.5 Å². The Kier molecular flexibility index (Phi) is 4.92. The highest BCUT2D eigenvalue weighted by Crippen LogP contribution is 2.25. The predicted octanol–water partition coefficient (Wildman–Crippen LogP) is 1.13. The lowest BCUT2D eigenvalue weighted by Crippen LogP contribution is -2.44. The van der Waals surface area contributed by atoms with Gasteiger partial charge in [0, 0.05) is 19.2 Å². The smallest absolute Gasteiger partial charge is 0.313 e. The monoisotopic (exact) mass is 345 g/mol. The number of carbonyl (C=O) groups is 2. The van der Waals surface area contributed by atoms with Gasteiger partial charge in [-0.2, -0.15) is 4.98 Å². The van der Waals surface area contributed by atoms with Gasteiger partial charge in [-0.05, 0) is 25.8 Å². The molecule has 0 spiro atoms. The molecule has 9 heteroatoms. The Morgan fingerprint density at radius 3 is 2.88 bits per heavy atom. The van der Waals surface area contributed by atoms with Crippen LogP contribution in [0.2, 0.25) is 0 Å². The normalized spacial score (nSPS) is 17.2. The molecule has 1 atom stereocenters. The molecule has 25 heavy (non-hydrogen) atoms. The van der Waals surface area contributed by atoms with Crippen LogP contribution in [0, 0.1) is 6.92 Å². The number of ether oxygens (including phenoxy) is 1. The van der Waals surface area contributed by atoms with Crippen molar-refractivity contribution < 1.29 is 18.8 Å². The Bertz CT molecular complexity index is 758. The third-order valence-corrected chi connectivity index (χ3v) is 4.00. The number of carbonyl (C=O) groups excluding carboxylic acids is 2. The van der Waals surface area contributed by atoms with Gasteiger partial charge in [0.1, 0.15) is 0 Å². The zero-order chi connectivity index (χ0) is 17.8. The van der Waals surface area contributed by atoms with E-state index in [2.05, 4.69) is 20.4 Å². The van der Waals surface area contributed by atoms with Crippen molar-refractivity contribution in [2.75, 3.05) is 25.5 Å². The average molecular weight is 345 g/mol. The molecule has 1 saturated heterocycles. The highest BCUT2D eigenvalue weighted by atomic mass is 16.5. The molecule has 0 bridgehead atoms.